The largest absolute Gasteiger partial charge is 0.460 e. The highest BCUT2D eigenvalue weighted by atomic mass is 16.3. The summed E-state index contributed by atoms with van der Waals surface area (Å²) in [6.45, 7) is 10.4. The summed E-state index contributed by atoms with van der Waals surface area (Å²) >= 11 is 0. The second-order valence-corrected chi connectivity index (χ2v) is 4.94. The number of furan rings is 1. The summed E-state index contributed by atoms with van der Waals surface area (Å²) in [6.07, 6.45) is 7.63. The van der Waals surface area contributed by atoms with Crippen molar-refractivity contribution in [3.05, 3.63) is 67.0 Å². The average molecular weight is 295 g/mol. The summed E-state index contributed by atoms with van der Waals surface area (Å²) in [5.41, 5.74) is 1.82. The Morgan fingerprint density at radius 2 is 1.91 bits per heavy atom. The molecule has 0 bridgehead atoms. The van der Waals surface area contributed by atoms with E-state index in [2.05, 4.69) is 13.2 Å². The quantitative estimate of drug-likeness (QED) is 0.566. The third-order valence-corrected chi connectivity index (χ3v) is 3.44. The number of fused-ring (bicyclic) bond motifs is 1. The van der Waals surface area contributed by atoms with Crippen LogP contribution in [0.15, 0.2) is 60.1 Å². The molecule has 2 aromatic rings. The van der Waals surface area contributed by atoms with E-state index in [9.17, 15) is 4.79 Å². The summed E-state index contributed by atoms with van der Waals surface area (Å²) in [5, 5.41) is 1.03. The van der Waals surface area contributed by atoms with Crippen LogP contribution < -0.4 is 0 Å². The van der Waals surface area contributed by atoms with E-state index in [0.717, 1.165) is 28.7 Å². The fourth-order valence-electron chi connectivity index (χ4n) is 2.39. The number of benzene rings is 1. The molecule has 1 heterocycles. The van der Waals surface area contributed by atoms with Crippen LogP contribution >= 0.6 is 0 Å². The fourth-order valence-corrected chi connectivity index (χ4v) is 2.39. The molecule has 0 unspecified atom stereocenters. The number of carbonyl (C=O) groups is 1. The molecule has 114 valence electrons. The zero-order chi connectivity index (χ0) is 15.9. The molecule has 22 heavy (non-hydrogen) atoms. The zero-order valence-electron chi connectivity index (χ0n) is 12.9. The van der Waals surface area contributed by atoms with Crippen LogP contribution in [0.3, 0.4) is 0 Å². The van der Waals surface area contributed by atoms with Gasteiger partial charge >= 0.3 is 0 Å². The van der Waals surface area contributed by atoms with Crippen LogP contribution in [0, 0.1) is 0 Å². The molecule has 0 saturated heterocycles. The van der Waals surface area contributed by atoms with Crippen LogP contribution in [0.1, 0.15) is 18.2 Å². The van der Waals surface area contributed by atoms with Crippen LogP contribution in [0.2, 0.25) is 0 Å². The summed E-state index contributed by atoms with van der Waals surface area (Å²) in [5.74, 6) is 0.830. The van der Waals surface area contributed by atoms with Gasteiger partial charge in [0, 0.05) is 36.5 Å². The Morgan fingerprint density at radius 1 is 1.23 bits per heavy atom. The standard InChI is InChI=1S/C19H21NO2/c1-4-13-20(14-5-2)19(21)12-11-16-15-9-7-8-10-18(15)22-17(16)6-3/h4-5,7-12H,1-2,6,13-14H2,3H3/b12-11+. The Bertz CT molecular complexity index is 699. The first kappa shape index (κ1) is 15.8. The van der Waals surface area contributed by atoms with Crippen molar-refractivity contribution in [2.75, 3.05) is 13.1 Å². The highest BCUT2D eigenvalue weighted by Crippen LogP contribution is 2.27. The molecule has 0 saturated carbocycles. The van der Waals surface area contributed by atoms with Crippen molar-refractivity contribution in [1.29, 1.82) is 0 Å². The maximum absolute atomic E-state index is 12.3. The van der Waals surface area contributed by atoms with E-state index in [1.807, 2.05) is 37.3 Å². The number of aryl methyl sites for hydroxylation is 1. The minimum absolute atomic E-state index is 0.0628. The first-order valence-electron chi connectivity index (χ1n) is 7.40. The van der Waals surface area contributed by atoms with E-state index in [1.54, 1.807) is 23.1 Å². The molecular formula is C19H21NO2. The predicted molar refractivity (Wildman–Crippen MR) is 91.6 cm³/mol. The number of hydrogen-bond donors (Lipinski definition) is 0. The predicted octanol–water partition coefficient (Wildman–Crippen LogP) is 4.21. The maximum atomic E-state index is 12.3. The molecule has 1 aromatic heterocycles. The molecule has 2 rings (SSSR count). The van der Waals surface area contributed by atoms with Gasteiger partial charge in [-0.25, -0.2) is 0 Å². The molecule has 3 heteroatoms. The minimum atomic E-state index is -0.0628. The Morgan fingerprint density at radius 3 is 2.55 bits per heavy atom. The van der Waals surface area contributed by atoms with Gasteiger partial charge in [0.05, 0.1) is 0 Å². The van der Waals surface area contributed by atoms with Gasteiger partial charge in [-0.2, -0.15) is 0 Å². The van der Waals surface area contributed by atoms with Gasteiger partial charge in [-0.3, -0.25) is 4.79 Å². The highest BCUT2D eigenvalue weighted by molar-refractivity contribution is 5.96. The van der Waals surface area contributed by atoms with Gasteiger partial charge in [0.2, 0.25) is 5.91 Å². The van der Waals surface area contributed by atoms with Crippen molar-refractivity contribution in [2.45, 2.75) is 13.3 Å². The third kappa shape index (κ3) is 3.37. The van der Waals surface area contributed by atoms with Gasteiger partial charge < -0.3 is 9.32 Å². The van der Waals surface area contributed by atoms with Crippen LogP contribution in [0.25, 0.3) is 17.0 Å². The highest BCUT2D eigenvalue weighted by Gasteiger charge is 2.11. The van der Waals surface area contributed by atoms with Crippen LogP contribution in [-0.2, 0) is 11.2 Å². The molecule has 1 amide bonds. The summed E-state index contributed by atoms with van der Waals surface area (Å²) < 4.78 is 5.83. The van der Waals surface area contributed by atoms with Crippen molar-refractivity contribution in [3.8, 4) is 0 Å². The van der Waals surface area contributed by atoms with Gasteiger partial charge in [-0.15, -0.1) is 13.2 Å². The first-order chi connectivity index (χ1) is 10.7. The SMILES string of the molecule is C=CCN(CC=C)C(=O)/C=C/c1c(CC)oc2ccccc12. The summed E-state index contributed by atoms with van der Waals surface area (Å²) in [4.78, 5) is 13.9. The van der Waals surface area contributed by atoms with Gasteiger partial charge in [-0.05, 0) is 12.1 Å². The lowest BCUT2D eigenvalue weighted by Crippen LogP contribution is -2.29. The van der Waals surface area contributed by atoms with Crippen molar-refractivity contribution in [3.63, 3.8) is 0 Å². The minimum Gasteiger partial charge on any atom is -0.460 e. The third-order valence-electron chi connectivity index (χ3n) is 3.44. The number of carbonyl (C=O) groups excluding carboxylic acids is 1. The Balaban J connectivity index is 2.30. The molecule has 0 aliphatic carbocycles. The van der Waals surface area contributed by atoms with E-state index in [1.165, 1.54) is 0 Å². The molecule has 0 spiro atoms. The van der Waals surface area contributed by atoms with E-state index in [0.29, 0.717) is 13.1 Å². The Hall–Kier alpha value is -2.55. The normalized spacial score (nSPS) is 11.0. The molecular weight excluding hydrogens is 274 g/mol. The van der Waals surface area contributed by atoms with Crippen molar-refractivity contribution >= 4 is 23.0 Å². The molecule has 0 N–H and O–H groups in total. The van der Waals surface area contributed by atoms with Gasteiger partial charge in [0.25, 0.3) is 0 Å². The van der Waals surface area contributed by atoms with E-state index < -0.39 is 0 Å². The van der Waals surface area contributed by atoms with Gasteiger partial charge in [0.15, 0.2) is 0 Å². The summed E-state index contributed by atoms with van der Waals surface area (Å²) in [6, 6.07) is 7.86. The van der Waals surface area contributed by atoms with E-state index in [-0.39, 0.29) is 5.91 Å². The van der Waals surface area contributed by atoms with Gasteiger partial charge in [-0.1, -0.05) is 37.3 Å². The van der Waals surface area contributed by atoms with Crippen LogP contribution in [0.5, 0.6) is 0 Å². The second kappa shape index (κ2) is 7.46. The fraction of sp³-hybridized carbons (Fsp3) is 0.211. The average Bonchev–Trinajstić information content (AvgIpc) is 2.90. The molecule has 0 atom stereocenters. The van der Waals surface area contributed by atoms with E-state index >= 15 is 0 Å². The number of nitrogens with zero attached hydrogens (tertiary/aromatic N) is 1. The van der Waals surface area contributed by atoms with Crippen LogP contribution in [0.4, 0.5) is 0 Å². The molecule has 0 fully saturated rings. The van der Waals surface area contributed by atoms with Crippen molar-refractivity contribution in [2.24, 2.45) is 0 Å². The lowest BCUT2D eigenvalue weighted by Gasteiger charge is -2.16. The molecule has 1 aromatic carbocycles. The van der Waals surface area contributed by atoms with Crippen LogP contribution in [-0.4, -0.2) is 23.9 Å². The molecule has 3 nitrogen and oxygen atoms in total. The smallest absolute Gasteiger partial charge is 0.247 e. The lowest BCUT2D eigenvalue weighted by molar-refractivity contribution is -0.124. The van der Waals surface area contributed by atoms with Gasteiger partial charge in [0.1, 0.15) is 11.3 Å². The number of rotatable bonds is 7. The zero-order valence-corrected chi connectivity index (χ0v) is 12.9. The second-order valence-electron chi connectivity index (χ2n) is 4.94. The molecule has 0 aliphatic heterocycles. The number of hydrogen-bond acceptors (Lipinski definition) is 2. The van der Waals surface area contributed by atoms with Crippen molar-refractivity contribution < 1.29 is 9.21 Å². The lowest BCUT2D eigenvalue weighted by atomic mass is 10.1. The molecule has 0 aliphatic rings. The number of para-hydroxylation sites is 1. The van der Waals surface area contributed by atoms with Crippen molar-refractivity contribution in [1.82, 2.24) is 4.90 Å². The Kier molecular flexibility index (Phi) is 5.37. The topological polar surface area (TPSA) is 33.5 Å². The van der Waals surface area contributed by atoms with E-state index in [4.69, 9.17) is 4.42 Å². The monoisotopic (exact) mass is 295 g/mol. The summed E-state index contributed by atoms with van der Waals surface area (Å²) in [7, 11) is 0. The molecule has 0 radical (unpaired) electrons. The maximum Gasteiger partial charge on any atom is 0.247 e. The Labute approximate surface area is 131 Å². The first-order valence-corrected chi connectivity index (χ1v) is 7.40. The number of amides is 1.